The summed E-state index contributed by atoms with van der Waals surface area (Å²) in [7, 11) is -1.58. The van der Waals surface area contributed by atoms with Crippen LogP contribution in [0.3, 0.4) is 0 Å². The van der Waals surface area contributed by atoms with Gasteiger partial charge in [0.25, 0.3) is 10.0 Å². The maximum absolute atomic E-state index is 12.4. The second kappa shape index (κ2) is 6.96. The Bertz CT molecular complexity index is 803. The van der Waals surface area contributed by atoms with E-state index in [0.717, 1.165) is 32.0 Å². The third-order valence-corrected chi connectivity index (χ3v) is 5.55. The Balaban J connectivity index is 1.72. The van der Waals surface area contributed by atoms with Crippen LogP contribution in [0.25, 0.3) is 0 Å². The van der Waals surface area contributed by atoms with E-state index >= 15 is 0 Å². The minimum absolute atomic E-state index is 0.123. The Hall–Kier alpha value is -1.83. The maximum atomic E-state index is 12.4. The van der Waals surface area contributed by atoms with E-state index in [2.05, 4.69) is 26.6 Å². The smallest absolute Gasteiger partial charge is 0.261 e. The highest BCUT2D eigenvalue weighted by atomic mass is 35.5. The molecule has 1 aliphatic rings. The average Bonchev–Trinajstić information content (AvgIpc) is 2.56. The van der Waals surface area contributed by atoms with Gasteiger partial charge in [0.05, 0.1) is 16.8 Å². The molecule has 1 aliphatic heterocycles. The fourth-order valence-electron chi connectivity index (χ4n) is 2.52. The van der Waals surface area contributed by atoms with Crippen LogP contribution in [0, 0.1) is 0 Å². The Kier molecular flexibility index (Phi) is 4.93. The SMILES string of the molecule is CN1CCN(c2ccc(NS(=O)(=O)c3cccc(Cl)c3)cn2)CC1. The number of halogens is 1. The highest BCUT2D eigenvalue weighted by molar-refractivity contribution is 7.92. The van der Waals surface area contributed by atoms with Crippen LogP contribution in [-0.4, -0.2) is 51.5 Å². The van der Waals surface area contributed by atoms with Crippen molar-refractivity contribution in [3.63, 3.8) is 0 Å². The van der Waals surface area contributed by atoms with Gasteiger partial charge in [0, 0.05) is 31.2 Å². The van der Waals surface area contributed by atoms with E-state index in [1.54, 1.807) is 18.2 Å². The lowest BCUT2D eigenvalue weighted by Crippen LogP contribution is -2.44. The molecule has 1 N–H and O–H groups in total. The van der Waals surface area contributed by atoms with Gasteiger partial charge in [0.2, 0.25) is 0 Å². The van der Waals surface area contributed by atoms with Crippen LogP contribution in [-0.2, 0) is 10.0 Å². The zero-order valence-corrected chi connectivity index (χ0v) is 14.9. The number of piperazine rings is 1. The summed E-state index contributed by atoms with van der Waals surface area (Å²) in [6.45, 7) is 3.81. The first-order valence-electron chi connectivity index (χ1n) is 7.62. The predicted octanol–water partition coefficient (Wildman–Crippen LogP) is 2.29. The summed E-state index contributed by atoms with van der Waals surface area (Å²) in [4.78, 5) is 8.96. The van der Waals surface area contributed by atoms with Gasteiger partial charge < -0.3 is 9.80 Å². The van der Waals surface area contributed by atoms with Crippen LogP contribution in [0.2, 0.25) is 5.02 Å². The molecule has 1 saturated heterocycles. The van der Waals surface area contributed by atoms with Gasteiger partial charge in [-0.2, -0.15) is 0 Å². The van der Waals surface area contributed by atoms with Crippen LogP contribution >= 0.6 is 11.6 Å². The fraction of sp³-hybridized carbons (Fsp3) is 0.312. The molecule has 128 valence electrons. The fourth-order valence-corrected chi connectivity index (χ4v) is 3.86. The van der Waals surface area contributed by atoms with E-state index in [0.29, 0.717) is 10.7 Å². The summed E-state index contributed by atoms with van der Waals surface area (Å²) in [6, 6.07) is 9.71. The molecule has 0 aliphatic carbocycles. The molecule has 3 rings (SSSR count). The molecule has 8 heteroatoms. The molecule has 0 amide bonds. The lowest BCUT2D eigenvalue weighted by Gasteiger charge is -2.33. The number of likely N-dealkylation sites (N-methyl/N-ethyl adjacent to an activating group) is 1. The van der Waals surface area contributed by atoms with Crippen LogP contribution in [0.4, 0.5) is 11.5 Å². The molecule has 0 saturated carbocycles. The number of sulfonamides is 1. The van der Waals surface area contributed by atoms with Crippen molar-refractivity contribution in [1.82, 2.24) is 9.88 Å². The van der Waals surface area contributed by atoms with Gasteiger partial charge in [-0.1, -0.05) is 17.7 Å². The number of benzene rings is 1. The molecule has 2 heterocycles. The van der Waals surface area contributed by atoms with Gasteiger partial charge in [-0.25, -0.2) is 13.4 Å². The monoisotopic (exact) mass is 366 g/mol. The van der Waals surface area contributed by atoms with Crippen molar-refractivity contribution >= 4 is 33.1 Å². The lowest BCUT2D eigenvalue weighted by atomic mass is 10.3. The second-order valence-corrected chi connectivity index (χ2v) is 7.88. The van der Waals surface area contributed by atoms with E-state index in [9.17, 15) is 8.42 Å². The van der Waals surface area contributed by atoms with Crippen molar-refractivity contribution < 1.29 is 8.42 Å². The van der Waals surface area contributed by atoms with Crippen molar-refractivity contribution in [2.45, 2.75) is 4.90 Å². The number of pyridine rings is 1. The molecule has 1 aromatic heterocycles. The summed E-state index contributed by atoms with van der Waals surface area (Å²) in [5.41, 5.74) is 0.424. The Morgan fingerprint density at radius 3 is 2.50 bits per heavy atom. The molecule has 6 nitrogen and oxygen atoms in total. The molecular formula is C16H19ClN4O2S. The number of aromatic nitrogens is 1. The van der Waals surface area contributed by atoms with Crippen molar-refractivity contribution in [3.05, 3.63) is 47.6 Å². The summed E-state index contributed by atoms with van der Waals surface area (Å²) >= 11 is 5.86. The van der Waals surface area contributed by atoms with Gasteiger partial charge in [0.15, 0.2) is 0 Å². The summed E-state index contributed by atoms with van der Waals surface area (Å²) < 4.78 is 27.2. The zero-order chi connectivity index (χ0) is 17.2. The third kappa shape index (κ3) is 3.98. The minimum atomic E-state index is -3.68. The van der Waals surface area contributed by atoms with E-state index in [1.807, 2.05) is 6.07 Å². The minimum Gasteiger partial charge on any atom is -0.354 e. The van der Waals surface area contributed by atoms with Crippen LogP contribution < -0.4 is 9.62 Å². The molecule has 0 atom stereocenters. The first-order chi connectivity index (χ1) is 11.4. The Morgan fingerprint density at radius 2 is 1.88 bits per heavy atom. The van der Waals surface area contributed by atoms with Crippen LogP contribution in [0.15, 0.2) is 47.5 Å². The quantitative estimate of drug-likeness (QED) is 0.899. The number of anilines is 2. The van der Waals surface area contributed by atoms with E-state index in [4.69, 9.17) is 11.6 Å². The summed E-state index contributed by atoms with van der Waals surface area (Å²) in [5, 5.41) is 0.376. The normalized spacial score (nSPS) is 16.2. The van der Waals surface area contributed by atoms with Gasteiger partial charge in [-0.05, 0) is 37.4 Å². The van der Waals surface area contributed by atoms with E-state index < -0.39 is 10.0 Å². The summed E-state index contributed by atoms with van der Waals surface area (Å²) in [6.07, 6.45) is 1.54. The average molecular weight is 367 g/mol. The van der Waals surface area contributed by atoms with Crippen molar-refractivity contribution in [2.75, 3.05) is 42.8 Å². The van der Waals surface area contributed by atoms with Gasteiger partial charge >= 0.3 is 0 Å². The molecule has 1 fully saturated rings. The highest BCUT2D eigenvalue weighted by Gasteiger charge is 2.17. The van der Waals surface area contributed by atoms with Gasteiger partial charge in [0.1, 0.15) is 5.82 Å². The van der Waals surface area contributed by atoms with E-state index in [-0.39, 0.29) is 4.90 Å². The first kappa shape index (κ1) is 17.0. The van der Waals surface area contributed by atoms with Crippen molar-refractivity contribution in [1.29, 1.82) is 0 Å². The number of rotatable bonds is 4. The topological polar surface area (TPSA) is 65.5 Å². The van der Waals surface area contributed by atoms with Gasteiger partial charge in [-0.15, -0.1) is 0 Å². The van der Waals surface area contributed by atoms with Gasteiger partial charge in [-0.3, -0.25) is 4.72 Å². The molecule has 0 unspecified atom stereocenters. The largest absolute Gasteiger partial charge is 0.354 e. The second-order valence-electron chi connectivity index (χ2n) is 5.76. The molecular weight excluding hydrogens is 348 g/mol. The molecule has 2 aromatic rings. The van der Waals surface area contributed by atoms with Crippen LogP contribution in [0.5, 0.6) is 0 Å². The standard InChI is InChI=1S/C16H19ClN4O2S/c1-20-7-9-21(10-8-20)16-6-5-14(12-18-16)19-24(22,23)15-4-2-3-13(17)11-15/h2-6,11-12,19H,7-10H2,1H3. The Labute approximate surface area is 147 Å². The molecule has 0 radical (unpaired) electrons. The summed E-state index contributed by atoms with van der Waals surface area (Å²) in [5.74, 6) is 0.855. The molecule has 1 aromatic carbocycles. The maximum Gasteiger partial charge on any atom is 0.261 e. The molecule has 0 spiro atoms. The number of hydrogen-bond acceptors (Lipinski definition) is 5. The Morgan fingerprint density at radius 1 is 1.12 bits per heavy atom. The zero-order valence-electron chi connectivity index (χ0n) is 13.3. The number of hydrogen-bond donors (Lipinski definition) is 1. The lowest BCUT2D eigenvalue weighted by molar-refractivity contribution is 0.312. The predicted molar refractivity (Wildman–Crippen MR) is 96.2 cm³/mol. The number of nitrogens with zero attached hydrogens (tertiary/aromatic N) is 3. The van der Waals surface area contributed by atoms with Crippen LogP contribution in [0.1, 0.15) is 0 Å². The van der Waals surface area contributed by atoms with Crippen molar-refractivity contribution in [2.24, 2.45) is 0 Å². The third-order valence-electron chi connectivity index (χ3n) is 3.93. The molecule has 24 heavy (non-hydrogen) atoms. The first-order valence-corrected chi connectivity index (χ1v) is 9.48. The van der Waals surface area contributed by atoms with E-state index in [1.165, 1.54) is 18.3 Å². The number of nitrogens with one attached hydrogen (secondary N) is 1. The highest BCUT2D eigenvalue weighted by Crippen LogP contribution is 2.20. The molecule has 0 bridgehead atoms. The van der Waals surface area contributed by atoms with Crippen molar-refractivity contribution in [3.8, 4) is 0 Å².